The second-order valence-electron chi connectivity index (χ2n) is 6.24. The van der Waals surface area contributed by atoms with Gasteiger partial charge in [-0.1, -0.05) is 30.0 Å². The molecule has 1 fully saturated rings. The summed E-state index contributed by atoms with van der Waals surface area (Å²) in [5, 5.41) is 1.85. The summed E-state index contributed by atoms with van der Waals surface area (Å²) < 4.78 is 1.78. The Morgan fingerprint density at radius 2 is 2.04 bits per heavy atom. The molecule has 0 spiro atoms. The summed E-state index contributed by atoms with van der Waals surface area (Å²) in [7, 11) is 0. The highest BCUT2D eigenvalue weighted by Crippen LogP contribution is 2.24. The molecule has 1 aliphatic heterocycles. The molecule has 6 heteroatoms. The third-order valence-corrected chi connectivity index (χ3v) is 5.69. The van der Waals surface area contributed by atoms with Gasteiger partial charge in [-0.2, -0.15) is 0 Å². The smallest absolute Gasteiger partial charge is 0.278 e. The van der Waals surface area contributed by atoms with E-state index in [1.54, 1.807) is 16.3 Å². The van der Waals surface area contributed by atoms with Crippen LogP contribution in [0.4, 0.5) is 0 Å². The van der Waals surface area contributed by atoms with Crippen LogP contribution < -0.4 is 5.56 Å². The van der Waals surface area contributed by atoms with Gasteiger partial charge in [0, 0.05) is 29.7 Å². The number of benzene rings is 1. The zero-order valence-electron chi connectivity index (χ0n) is 13.9. The van der Waals surface area contributed by atoms with Gasteiger partial charge in [-0.05, 0) is 38.9 Å². The highest BCUT2D eigenvalue weighted by Gasteiger charge is 2.16. The van der Waals surface area contributed by atoms with Gasteiger partial charge in [-0.15, -0.1) is 0 Å². The molecule has 0 bridgehead atoms. The maximum Gasteiger partial charge on any atom is 0.278 e. The Morgan fingerprint density at radius 1 is 1.25 bits per heavy atom. The number of nitrogens with one attached hydrogen (secondary N) is 1. The highest BCUT2D eigenvalue weighted by molar-refractivity contribution is 7.99. The Morgan fingerprint density at radius 3 is 2.83 bits per heavy atom. The number of rotatable bonds is 5. The summed E-state index contributed by atoms with van der Waals surface area (Å²) in [5.41, 5.74) is 2.41. The molecule has 126 valence electrons. The van der Waals surface area contributed by atoms with Crippen LogP contribution in [0, 0.1) is 0 Å². The molecule has 1 saturated heterocycles. The molecule has 0 aliphatic carbocycles. The number of para-hydroxylation sites is 1. The normalized spacial score (nSPS) is 15.7. The summed E-state index contributed by atoms with van der Waals surface area (Å²) in [5.74, 6) is 0.973. The lowest BCUT2D eigenvalue weighted by Crippen LogP contribution is -2.24. The van der Waals surface area contributed by atoms with Crippen LogP contribution in [0.25, 0.3) is 21.9 Å². The average Bonchev–Trinajstić information content (AvgIpc) is 3.23. The van der Waals surface area contributed by atoms with E-state index < -0.39 is 0 Å². The predicted molar refractivity (Wildman–Crippen MR) is 99.9 cm³/mol. The first-order valence-corrected chi connectivity index (χ1v) is 9.63. The number of H-pyrrole nitrogens is 1. The van der Waals surface area contributed by atoms with Gasteiger partial charge in [0.25, 0.3) is 5.56 Å². The number of thioether (sulfide) groups is 1. The van der Waals surface area contributed by atoms with Crippen molar-refractivity contribution in [2.45, 2.75) is 31.5 Å². The molecule has 1 aliphatic rings. The molecular weight excluding hydrogens is 320 g/mol. The summed E-state index contributed by atoms with van der Waals surface area (Å²) in [6, 6.07) is 7.98. The monoisotopic (exact) mass is 342 g/mol. The van der Waals surface area contributed by atoms with Gasteiger partial charge in [-0.3, -0.25) is 9.36 Å². The second kappa shape index (κ2) is 6.61. The van der Waals surface area contributed by atoms with E-state index in [1.807, 2.05) is 31.2 Å². The third-order valence-electron chi connectivity index (χ3n) is 4.73. The maximum absolute atomic E-state index is 12.8. The van der Waals surface area contributed by atoms with Crippen LogP contribution in [0.15, 0.2) is 34.2 Å². The number of hydrogen-bond donors (Lipinski definition) is 1. The fourth-order valence-corrected chi connectivity index (χ4v) is 4.49. The Balaban J connectivity index is 1.70. The summed E-state index contributed by atoms with van der Waals surface area (Å²) in [6.07, 6.45) is 2.62. The number of likely N-dealkylation sites (tertiary alicyclic amines) is 1. The van der Waals surface area contributed by atoms with E-state index in [0.717, 1.165) is 33.9 Å². The zero-order chi connectivity index (χ0) is 16.5. The van der Waals surface area contributed by atoms with Crippen molar-refractivity contribution in [3.63, 3.8) is 0 Å². The van der Waals surface area contributed by atoms with Gasteiger partial charge < -0.3 is 9.88 Å². The maximum atomic E-state index is 12.8. The first-order chi connectivity index (χ1) is 11.8. The van der Waals surface area contributed by atoms with Crippen molar-refractivity contribution in [3.05, 3.63) is 34.6 Å². The molecule has 0 unspecified atom stereocenters. The average molecular weight is 342 g/mol. The van der Waals surface area contributed by atoms with E-state index in [4.69, 9.17) is 4.98 Å². The fraction of sp³-hybridized carbons (Fsp3) is 0.444. The van der Waals surface area contributed by atoms with Crippen molar-refractivity contribution >= 4 is 33.7 Å². The van der Waals surface area contributed by atoms with E-state index >= 15 is 0 Å². The van der Waals surface area contributed by atoms with Crippen LogP contribution >= 0.6 is 11.8 Å². The van der Waals surface area contributed by atoms with Crippen molar-refractivity contribution in [3.8, 4) is 0 Å². The molecule has 3 heterocycles. The molecule has 0 radical (unpaired) electrons. The fourth-order valence-electron chi connectivity index (χ4n) is 3.44. The Kier molecular flexibility index (Phi) is 4.33. The SMILES string of the molecule is CCn1c(SCCN2CCCC2)nc2c([nH]c3ccccc32)c1=O. The minimum atomic E-state index is 0.0300. The largest absolute Gasteiger partial charge is 0.349 e. The number of nitrogens with zero attached hydrogens (tertiary/aromatic N) is 3. The van der Waals surface area contributed by atoms with E-state index in [0.29, 0.717) is 12.1 Å². The minimum Gasteiger partial charge on any atom is -0.349 e. The standard InChI is InChI=1S/C18H22N4OS/c1-2-22-17(23)16-15(13-7-3-4-8-14(13)19-16)20-18(22)24-12-11-21-9-5-6-10-21/h3-4,7-8,19H,2,5-6,9-12H2,1H3. The van der Waals surface area contributed by atoms with Gasteiger partial charge in [0.1, 0.15) is 11.0 Å². The second-order valence-corrected chi connectivity index (χ2v) is 7.30. The third kappa shape index (κ3) is 2.74. The van der Waals surface area contributed by atoms with Crippen molar-refractivity contribution in [2.75, 3.05) is 25.4 Å². The molecule has 24 heavy (non-hydrogen) atoms. The minimum absolute atomic E-state index is 0.0300. The lowest BCUT2D eigenvalue weighted by molar-refractivity contribution is 0.362. The molecule has 0 amide bonds. The summed E-state index contributed by atoms with van der Waals surface area (Å²) in [6.45, 7) is 6.12. The van der Waals surface area contributed by atoms with Crippen LogP contribution in [-0.4, -0.2) is 44.8 Å². The lowest BCUT2D eigenvalue weighted by Gasteiger charge is -2.15. The topological polar surface area (TPSA) is 53.9 Å². The first-order valence-electron chi connectivity index (χ1n) is 8.64. The molecule has 0 atom stereocenters. The van der Waals surface area contributed by atoms with Gasteiger partial charge in [0.15, 0.2) is 5.16 Å². The zero-order valence-corrected chi connectivity index (χ0v) is 14.7. The lowest BCUT2D eigenvalue weighted by atomic mass is 10.2. The van der Waals surface area contributed by atoms with Crippen LogP contribution in [-0.2, 0) is 6.54 Å². The quantitative estimate of drug-likeness (QED) is 0.572. The molecule has 1 N–H and O–H groups in total. The number of hydrogen-bond acceptors (Lipinski definition) is 4. The van der Waals surface area contributed by atoms with Crippen molar-refractivity contribution in [2.24, 2.45) is 0 Å². The van der Waals surface area contributed by atoms with Crippen LogP contribution in [0.1, 0.15) is 19.8 Å². The predicted octanol–water partition coefficient (Wildman–Crippen LogP) is 3.09. The summed E-state index contributed by atoms with van der Waals surface area (Å²) in [4.78, 5) is 23.4. The van der Waals surface area contributed by atoms with Gasteiger partial charge >= 0.3 is 0 Å². The Bertz CT molecular complexity index is 924. The number of aromatic amines is 1. The Hall–Kier alpha value is -1.79. The Labute approximate surface area is 145 Å². The number of fused-ring (bicyclic) bond motifs is 3. The van der Waals surface area contributed by atoms with Gasteiger partial charge in [0.05, 0.1) is 0 Å². The van der Waals surface area contributed by atoms with Crippen LogP contribution in [0.5, 0.6) is 0 Å². The molecule has 3 aromatic rings. The van der Waals surface area contributed by atoms with Crippen molar-refractivity contribution in [1.29, 1.82) is 0 Å². The van der Waals surface area contributed by atoms with Gasteiger partial charge in [0.2, 0.25) is 0 Å². The molecule has 4 rings (SSSR count). The van der Waals surface area contributed by atoms with Crippen LogP contribution in [0.2, 0.25) is 0 Å². The van der Waals surface area contributed by atoms with Gasteiger partial charge in [-0.25, -0.2) is 4.98 Å². The highest BCUT2D eigenvalue weighted by atomic mass is 32.2. The van der Waals surface area contributed by atoms with Crippen molar-refractivity contribution in [1.82, 2.24) is 19.4 Å². The molecular formula is C18H22N4OS. The van der Waals surface area contributed by atoms with E-state index in [1.165, 1.54) is 25.9 Å². The first kappa shape index (κ1) is 15.7. The molecule has 2 aromatic heterocycles. The van der Waals surface area contributed by atoms with E-state index in [2.05, 4.69) is 9.88 Å². The number of aromatic nitrogens is 3. The molecule has 5 nitrogen and oxygen atoms in total. The van der Waals surface area contributed by atoms with Crippen LogP contribution in [0.3, 0.4) is 0 Å². The molecule has 0 saturated carbocycles. The van der Waals surface area contributed by atoms with E-state index in [9.17, 15) is 4.79 Å². The molecule has 1 aromatic carbocycles. The van der Waals surface area contributed by atoms with E-state index in [-0.39, 0.29) is 5.56 Å². The van der Waals surface area contributed by atoms with Crippen molar-refractivity contribution < 1.29 is 0 Å². The summed E-state index contributed by atoms with van der Waals surface area (Å²) >= 11 is 1.70.